The summed E-state index contributed by atoms with van der Waals surface area (Å²) in [6.07, 6.45) is 4.99. The predicted octanol–water partition coefficient (Wildman–Crippen LogP) is 2.53. The van der Waals surface area contributed by atoms with E-state index >= 15 is 0 Å². The lowest BCUT2D eigenvalue weighted by Gasteiger charge is -2.33. The van der Waals surface area contributed by atoms with Gasteiger partial charge < -0.3 is 15.0 Å². The minimum Gasteiger partial charge on any atom is -0.496 e. The summed E-state index contributed by atoms with van der Waals surface area (Å²) < 4.78 is 21.2. The number of rotatable bonds is 4. The number of hydrogen-bond donors (Lipinski definition) is 1. The number of aromatic nitrogens is 3. The van der Waals surface area contributed by atoms with Gasteiger partial charge >= 0.3 is 6.03 Å². The molecule has 2 amide bonds. The maximum absolute atomic E-state index is 14.2. The first-order valence-corrected chi connectivity index (χ1v) is 8.32. The Morgan fingerprint density at radius 1 is 1.48 bits per heavy atom. The summed E-state index contributed by atoms with van der Waals surface area (Å²) in [6, 6.07) is 4.02. The van der Waals surface area contributed by atoms with Gasteiger partial charge in [0.2, 0.25) is 0 Å². The van der Waals surface area contributed by atoms with E-state index in [2.05, 4.69) is 15.4 Å². The Hall–Kier alpha value is -2.64. The summed E-state index contributed by atoms with van der Waals surface area (Å²) in [4.78, 5) is 18.3. The van der Waals surface area contributed by atoms with Crippen LogP contribution in [0, 0.1) is 5.82 Å². The zero-order valence-corrected chi connectivity index (χ0v) is 14.4. The lowest BCUT2D eigenvalue weighted by Crippen LogP contribution is -2.46. The highest BCUT2D eigenvalue weighted by Gasteiger charge is 2.27. The Balaban J connectivity index is 1.67. The lowest BCUT2D eigenvalue weighted by atomic mass is 10.1. The maximum Gasteiger partial charge on any atom is 0.317 e. The molecule has 1 aromatic heterocycles. The van der Waals surface area contributed by atoms with Crippen molar-refractivity contribution < 1.29 is 13.9 Å². The van der Waals surface area contributed by atoms with Crippen molar-refractivity contribution in [3.05, 3.63) is 42.2 Å². The van der Waals surface area contributed by atoms with E-state index in [1.165, 1.54) is 19.5 Å². The third-order valence-corrected chi connectivity index (χ3v) is 4.50. The Labute approximate surface area is 145 Å². The van der Waals surface area contributed by atoms with Crippen molar-refractivity contribution in [2.45, 2.75) is 31.8 Å². The van der Waals surface area contributed by atoms with Gasteiger partial charge in [-0.25, -0.2) is 18.9 Å². The molecule has 0 spiro atoms. The van der Waals surface area contributed by atoms with E-state index in [1.807, 2.05) is 0 Å². The first kappa shape index (κ1) is 17.2. The number of ether oxygens (including phenoxy) is 1. The third-order valence-electron chi connectivity index (χ3n) is 4.50. The number of piperidine rings is 1. The van der Waals surface area contributed by atoms with Gasteiger partial charge in [0.1, 0.15) is 24.2 Å². The van der Waals surface area contributed by atoms with Crippen LogP contribution in [0.15, 0.2) is 30.9 Å². The van der Waals surface area contributed by atoms with Gasteiger partial charge in [-0.15, -0.1) is 0 Å². The molecule has 1 aromatic carbocycles. The van der Waals surface area contributed by atoms with Crippen LogP contribution in [0.1, 0.15) is 37.4 Å². The van der Waals surface area contributed by atoms with Gasteiger partial charge in [-0.3, -0.25) is 0 Å². The van der Waals surface area contributed by atoms with Crippen LogP contribution in [0.3, 0.4) is 0 Å². The van der Waals surface area contributed by atoms with Gasteiger partial charge in [0, 0.05) is 13.1 Å². The van der Waals surface area contributed by atoms with Crippen LogP contribution in [0.4, 0.5) is 9.18 Å². The minimum absolute atomic E-state index is 0.111. The average Bonchev–Trinajstić information content (AvgIpc) is 3.16. The zero-order chi connectivity index (χ0) is 17.8. The van der Waals surface area contributed by atoms with Crippen LogP contribution in [0.25, 0.3) is 0 Å². The molecule has 2 atom stereocenters. The topological polar surface area (TPSA) is 72.3 Å². The van der Waals surface area contributed by atoms with Crippen LogP contribution in [-0.4, -0.2) is 45.9 Å². The largest absolute Gasteiger partial charge is 0.496 e. The van der Waals surface area contributed by atoms with Crippen molar-refractivity contribution in [2.75, 3.05) is 20.2 Å². The molecular formula is C17H22FN5O2. The molecule has 1 saturated heterocycles. The van der Waals surface area contributed by atoms with Gasteiger partial charge in [0.05, 0.1) is 24.8 Å². The first-order chi connectivity index (χ1) is 12.1. The van der Waals surface area contributed by atoms with Gasteiger partial charge in [-0.2, -0.15) is 5.10 Å². The number of hydrogen-bond acceptors (Lipinski definition) is 4. The number of nitrogens with one attached hydrogen (secondary N) is 1. The van der Waals surface area contributed by atoms with Crippen LogP contribution >= 0.6 is 0 Å². The van der Waals surface area contributed by atoms with E-state index in [9.17, 15) is 9.18 Å². The van der Waals surface area contributed by atoms with E-state index in [1.54, 1.807) is 35.0 Å². The lowest BCUT2D eigenvalue weighted by molar-refractivity contribution is 0.160. The van der Waals surface area contributed by atoms with E-state index in [0.29, 0.717) is 24.4 Å². The second-order valence-corrected chi connectivity index (χ2v) is 6.14. The average molecular weight is 347 g/mol. The second kappa shape index (κ2) is 7.50. The van der Waals surface area contributed by atoms with Gasteiger partial charge in [0.15, 0.2) is 0 Å². The summed E-state index contributed by atoms with van der Waals surface area (Å²) in [5.74, 6) is 0.0261. The Morgan fingerprint density at radius 3 is 3.04 bits per heavy atom. The van der Waals surface area contributed by atoms with Gasteiger partial charge in [0.25, 0.3) is 0 Å². The molecule has 8 heteroatoms. The highest BCUT2D eigenvalue weighted by Crippen LogP contribution is 2.28. The number of methoxy groups -OCH3 is 1. The fourth-order valence-corrected chi connectivity index (χ4v) is 3.23. The SMILES string of the molecule is COc1cccc(F)c1[C@@H](C)NC(=O)N1CCC[C@H](n2cncn2)C1. The summed E-state index contributed by atoms with van der Waals surface area (Å²) in [5, 5.41) is 7.03. The smallest absolute Gasteiger partial charge is 0.317 e. The fraction of sp³-hybridized carbons (Fsp3) is 0.471. The molecule has 2 heterocycles. The molecule has 7 nitrogen and oxygen atoms in total. The molecule has 1 aliphatic rings. The first-order valence-electron chi connectivity index (χ1n) is 8.32. The molecule has 134 valence electrons. The molecule has 3 rings (SSSR count). The monoisotopic (exact) mass is 347 g/mol. The van der Waals surface area contributed by atoms with E-state index in [4.69, 9.17) is 4.74 Å². The molecule has 0 aliphatic carbocycles. The number of carbonyl (C=O) groups is 1. The quantitative estimate of drug-likeness (QED) is 0.922. The van der Waals surface area contributed by atoms with Crippen molar-refractivity contribution in [1.82, 2.24) is 25.0 Å². The van der Waals surface area contributed by atoms with E-state index < -0.39 is 11.9 Å². The maximum atomic E-state index is 14.2. The standard InChI is InChI=1S/C17H22FN5O2/c1-12(16-14(18)6-3-7-15(16)25-2)21-17(24)22-8-4-5-13(9-22)23-11-19-10-20-23/h3,6-7,10-13H,4-5,8-9H2,1-2H3,(H,21,24)/t12-,13+/m1/s1. The summed E-state index contributed by atoms with van der Waals surface area (Å²) >= 11 is 0. The molecule has 0 bridgehead atoms. The Bertz CT molecular complexity index is 722. The van der Waals surface area contributed by atoms with Crippen LogP contribution in [-0.2, 0) is 0 Å². The minimum atomic E-state index is -0.504. The van der Waals surface area contributed by atoms with Crippen LogP contribution in [0.5, 0.6) is 5.75 Å². The van der Waals surface area contributed by atoms with Crippen molar-refractivity contribution in [3.8, 4) is 5.75 Å². The van der Waals surface area contributed by atoms with Crippen molar-refractivity contribution in [3.63, 3.8) is 0 Å². The molecular weight excluding hydrogens is 325 g/mol. The van der Waals surface area contributed by atoms with Crippen LogP contribution < -0.4 is 10.1 Å². The summed E-state index contributed by atoms with van der Waals surface area (Å²) in [5.41, 5.74) is 0.350. The molecule has 1 N–H and O–H groups in total. The van der Waals surface area contributed by atoms with Crippen LogP contribution in [0.2, 0.25) is 0 Å². The van der Waals surface area contributed by atoms with E-state index in [-0.39, 0.29) is 12.1 Å². The van der Waals surface area contributed by atoms with Gasteiger partial charge in [-0.1, -0.05) is 6.07 Å². The number of amides is 2. The number of likely N-dealkylation sites (tertiary alicyclic amines) is 1. The normalized spacial score (nSPS) is 18.7. The molecule has 1 fully saturated rings. The number of halogens is 1. The number of urea groups is 1. The Morgan fingerprint density at radius 2 is 2.32 bits per heavy atom. The second-order valence-electron chi connectivity index (χ2n) is 6.14. The van der Waals surface area contributed by atoms with Crippen molar-refractivity contribution in [1.29, 1.82) is 0 Å². The van der Waals surface area contributed by atoms with E-state index in [0.717, 1.165) is 12.8 Å². The molecule has 2 aromatic rings. The molecule has 25 heavy (non-hydrogen) atoms. The fourth-order valence-electron chi connectivity index (χ4n) is 3.23. The van der Waals surface area contributed by atoms with Crippen molar-refractivity contribution >= 4 is 6.03 Å². The molecule has 0 radical (unpaired) electrons. The van der Waals surface area contributed by atoms with Crippen molar-refractivity contribution in [2.24, 2.45) is 0 Å². The predicted molar refractivity (Wildman–Crippen MR) is 89.8 cm³/mol. The van der Waals surface area contributed by atoms with Gasteiger partial charge in [-0.05, 0) is 31.9 Å². The summed E-state index contributed by atoms with van der Waals surface area (Å²) in [6.45, 7) is 2.96. The third kappa shape index (κ3) is 3.72. The number of benzene rings is 1. The molecule has 1 aliphatic heterocycles. The zero-order valence-electron chi connectivity index (χ0n) is 14.4. The highest BCUT2D eigenvalue weighted by atomic mass is 19.1. The molecule has 0 saturated carbocycles. The molecule has 0 unspecified atom stereocenters. The number of carbonyl (C=O) groups excluding carboxylic acids is 1. The summed E-state index contributed by atoms with van der Waals surface area (Å²) in [7, 11) is 1.49. The Kier molecular flexibility index (Phi) is 5.16. The number of nitrogens with zero attached hydrogens (tertiary/aromatic N) is 4. The highest BCUT2D eigenvalue weighted by molar-refractivity contribution is 5.75.